The van der Waals surface area contributed by atoms with Crippen LogP contribution in [0.3, 0.4) is 0 Å². The zero-order valence-corrected chi connectivity index (χ0v) is 8.63. The number of aliphatic hydroxyl groups is 3. The van der Waals surface area contributed by atoms with Crippen LogP contribution in [-0.4, -0.2) is 27.4 Å². The van der Waals surface area contributed by atoms with Gasteiger partial charge >= 0.3 is 5.97 Å². The molecule has 0 radical (unpaired) electrons. The van der Waals surface area contributed by atoms with Crippen molar-refractivity contribution in [2.45, 2.75) is 32.0 Å². The molecule has 1 aromatic rings. The molecule has 0 heterocycles. The van der Waals surface area contributed by atoms with Crippen molar-refractivity contribution in [1.29, 1.82) is 0 Å². The zero-order valence-electron chi connectivity index (χ0n) is 8.63. The molecule has 0 aliphatic rings. The molecule has 15 heavy (non-hydrogen) atoms. The summed E-state index contributed by atoms with van der Waals surface area (Å²) >= 11 is 0. The maximum atomic E-state index is 8.94. The number of hydrogen-bond donors (Lipinski definition) is 3. The Labute approximate surface area is 88.8 Å². The number of ether oxygens (including phenoxy) is 1. The van der Waals surface area contributed by atoms with Gasteiger partial charge in [-0.1, -0.05) is 37.3 Å². The van der Waals surface area contributed by atoms with Crippen LogP contribution in [0.1, 0.15) is 18.9 Å². The van der Waals surface area contributed by atoms with Crippen LogP contribution in [0.4, 0.5) is 0 Å². The summed E-state index contributed by atoms with van der Waals surface area (Å²) < 4.78 is 5.19. The molecule has 0 saturated carbocycles. The molecular weight excluding hydrogens is 196 g/mol. The van der Waals surface area contributed by atoms with Gasteiger partial charge in [0.2, 0.25) is 0 Å². The highest BCUT2D eigenvalue weighted by atomic mass is 16.7. The van der Waals surface area contributed by atoms with E-state index < -0.39 is 12.1 Å². The van der Waals surface area contributed by atoms with E-state index in [0.29, 0.717) is 6.42 Å². The van der Waals surface area contributed by atoms with Crippen molar-refractivity contribution in [2.24, 2.45) is 0 Å². The Morgan fingerprint density at radius 3 is 2.27 bits per heavy atom. The molecule has 1 aromatic carbocycles. The highest BCUT2D eigenvalue weighted by Gasteiger charge is 2.31. The average Bonchev–Trinajstić information content (AvgIpc) is 2.18. The van der Waals surface area contributed by atoms with Crippen LogP contribution in [-0.2, 0) is 11.3 Å². The van der Waals surface area contributed by atoms with Crippen molar-refractivity contribution in [1.82, 2.24) is 0 Å². The van der Waals surface area contributed by atoms with Crippen LogP contribution in [0.15, 0.2) is 30.3 Å². The third-order valence-electron chi connectivity index (χ3n) is 2.10. The lowest BCUT2D eigenvalue weighted by atomic mass is 10.2. The highest BCUT2D eigenvalue weighted by Crippen LogP contribution is 2.13. The Hall–Kier alpha value is -0.940. The fraction of sp³-hybridized carbons (Fsp3) is 0.455. The van der Waals surface area contributed by atoms with E-state index in [4.69, 9.17) is 20.1 Å². The summed E-state index contributed by atoms with van der Waals surface area (Å²) in [6, 6.07) is 9.34. The molecule has 0 amide bonds. The Bertz CT molecular complexity index is 278. The van der Waals surface area contributed by atoms with Crippen LogP contribution in [0.25, 0.3) is 0 Å². The van der Waals surface area contributed by atoms with Crippen LogP contribution >= 0.6 is 0 Å². The smallest absolute Gasteiger partial charge is 0.303 e. The predicted molar refractivity (Wildman–Crippen MR) is 54.7 cm³/mol. The summed E-state index contributed by atoms with van der Waals surface area (Å²) in [6.07, 6.45) is -0.686. The minimum absolute atomic E-state index is 0.239. The third kappa shape index (κ3) is 3.97. The quantitative estimate of drug-likeness (QED) is 0.625. The van der Waals surface area contributed by atoms with E-state index >= 15 is 0 Å². The SMILES string of the molecule is CC[C@@H](OCc1ccccc1)C(O)(O)O. The standard InChI is InChI=1S/C11H16O4/c1-2-10(11(12,13)14)15-8-9-6-4-3-5-7-9/h3-7,10,12-14H,2,8H2,1H3/t10-/m1/s1. The Kier molecular flexibility index (Phi) is 4.23. The summed E-state index contributed by atoms with van der Waals surface area (Å²) in [5.41, 5.74) is 0.917. The molecule has 0 unspecified atom stereocenters. The topological polar surface area (TPSA) is 69.9 Å². The van der Waals surface area contributed by atoms with E-state index in [1.807, 2.05) is 30.3 Å². The second-order valence-electron chi connectivity index (χ2n) is 3.38. The molecule has 4 nitrogen and oxygen atoms in total. The maximum Gasteiger partial charge on any atom is 0.303 e. The Balaban J connectivity index is 2.49. The number of rotatable bonds is 5. The molecule has 1 rings (SSSR count). The first-order chi connectivity index (χ1) is 7.04. The van der Waals surface area contributed by atoms with E-state index in [2.05, 4.69) is 0 Å². The fourth-order valence-electron chi connectivity index (χ4n) is 1.27. The van der Waals surface area contributed by atoms with Gasteiger partial charge < -0.3 is 20.1 Å². The van der Waals surface area contributed by atoms with Gasteiger partial charge in [-0.3, -0.25) is 0 Å². The molecule has 4 heteroatoms. The lowest BCUT2D eigenvalue weighted by Crippen LogP contribution is -2.43. The van der Waals surface area contributed by atoms with E-state index in [1.54, 1.807) is 6.92 Å². The molecule has 0 saturated heterocycles. The Morgan fingerprint density at radius 2 is 1.80 bits per heavy atom. The van der Waals surface area contributed by atoms with E-state index in [0.717, 1.165) is 5.56 Å². The monoisotopic (exact) mass is 212 g/mol. The second kappa shape index (κ2) is 5.23. The first-order valence-electron chi connectivity index (χ1n) is 4.86. The normalized spacial score (nSPS) is 13.9. The lowest BCUT2D eigenvalue weighted by molar-refractivity contribution is -0.363. The summed E-state index contributed by atoms with van der Waals surface area (Å²) in [4.78, 5) is 0. The van der Waals surface area contributed by atoms with Gasteiger partial charge in [0, 0.05) is 0 Å². The van der Waals surface area contributed by atoms with Crippen molar-refractivity contribution in [3.63, 3.8) is 0 Å². The first kappa shape index (κ1) is 12.1. The highest BCUT2D eigenvalue weighted by molar-refractivity contribution is 5.13. The van der Waals surface area contributed by atoms with Gasteiger partial charge in [0.05, 0.1) is 6.61 Å². The van der Waals surface area contributed by atoms with Gasteiger partial charge in [0.1, 0.15) is 6.10 Å². The van der Waals surface area contributed by atoms with Gasteiger partial charge in [0.15, 0.2) is 0 Å². The van der Waals surface area contributed by atoms with Crippen LogP contribution in [0.2, 0.25) is 0 Å². The molecule has 0 aliphatic heterocycles. The van der Waals surface area contributed by atoms with Gasteiger partial charge in [-0.15, -0.1) is 0 Å². The van der Waals surface area contributed by atoms with E-state index in [1.165, 1.54) is 0 Å². The maximum absolute atomic E-state index is 8.94. The molecule has 84 valence electrons. The number of benzene rings is 1. The minimum Gasteiger partial charge on any atom is -0.365 e. The minimum atomic E-state index is -2.77. The van der Waals surface area contributed by atoms with Crippen molar-refractivity contribution in [3.05, 3.63) is 35.9 Å². The first-order valence-corrected chi connectivity index (χ1v) is 4.86. The summed E-state index contributed by atoms with van der Waals surface area (Å²) in [5.74, 6) is -2.77. The van der Waals surface area contributed by atoms with Crippen molar-refractivity contribution in [3.8, 4) is 0 Å². The fourth-order valence-corrected chi connectivity index (χ4v) is 1.27. The van der Waals surface area contributed by atoms with E-state index in [-0.39, 0.29) is 6.61 Å². The van der Waals surface area contributed by atoms with Crippen molar-refractivity contribution in [2.75, 3.05) is 0 Å². The average molecular weight is 212 g/mol. The summed E-state index contributed by atoms with van der Waals surface area (Å²) in [7, 11) is 0. The van der Waals surface area contributed by atoms with Crippen LogP contribution in [0, 0.1) is 0 Å². The third-order valence-corrected chi connectivity index (χ3v) is 2.10. The van der Waals surface area contributed by atoms with Crippen molar-refractivity contribution >= 4 is 0 Å². The van der Waals surface area contributed by atoms with Gasteiger partial charge in [0.25, 0.3) is 0 Å². The summed E-state index contributed by atoms with van der Waals surface area (Å²) in [5, 5.41) is 26.8. The molecule has 0 fully saturated rings. The largest absolute Gasteiger partial charge is 0.365 e. The second-order valence-corrected chi connectivity index (χ2v) is 3.38. The summed E-state index contributed by atoms with van der Waals surface area (Å²) in [6.45, 7) is 1.94. The molecule has 0 bridgehead atoms. The molecule has 1 atom stereocenters. The lowest BCUT2D eigenvalue weighted by Gasteiger charge is -2.24. The van der Waals surface area contributed by atoms with E-state index in [9.17, 15) is 0 Å². The zero-order chi connectivity index (χ0) is 11.3. The predicted octanol–water partition coefficient (Wildman–Crippen LogP) is 0.613. The molecule has 0 aromatic heterocycles. The molecule has 0 spiro atoms. The Morgan fingerprint density at radius 1 is 1.20 bits per heavy atom. The van der Waals surface area contributed by atoms with Crippen LogP contribution < -0.4 is 0 Å². The van der Waals surface area contributed by atoms with Gasteiger partial charge in [-0.2, -0.15) is 0 Å². The van der Waals surface area contributed by atoms with Gasteiger partial charge in [-0.25, -0.2) is 0 Å². The van der Waals surface area contributed by atoms with Crippen molar-refractivity contribution < 1.29 is 20.1 Å². The molecule has 3 N–H and O–H groups in total. The van der Waals surface area contributed by atoms with Gasteiger partial charge in [-0.05, 0) is 12.0 Å². The number of hydrogen-bond acceptors (Lipinski definition) is 4. The molecular formula is C11H16O4. The molecule has 0 aliphatic carbocycles. The van der Waals surface area contributed by atoms with Crippen LogP contribution in [0.5, 0.6) is 0 Å².